The molecule has 1 aromatic carbocycles. The smallest absolute Gasteiger partial charge is 0.255 e. The van der Waals surface area contributed by atoms with Gasteiger partial charge in [0.25, 0.3) is 5.91 Å². The van der Waals surface area contributed by atoms with Gasteiger partial charge in [-0.25, -0.2) is 0 Å². The van der Waals surface area contributed by atoms with Crippen LogP contribution in [0.4, 0.5) is 0 Å². The SMILES string of the molecule is COc1ccc(C(=O)NC(C)CC(N)=NO)c(OC)c1. The highest BCUT2D eigenvalue weighted by molar-refractivity contribution is 5.97. The third-order valence-electron chi connectivity index (χ3n) is 2.67. The molecular weight excluding hydrogens is 262 g/mol. The van der Waals surface area contributed by atoms with E-state index >= 15 is 0 Å². The summed E-state index contributed by atoms with van der Waals surface area (Å²) in [7, 11) is 3.01. The van der Waals surface area contributed by atoms with Gasteiger partial charge in [-0.3, -0.25) is 4.79 Å². The van der Waals surface area contributed by atoms with Gasteiger partial charge in [0.1, 0.15) is 17.3 Å². The summed E-state index contributed by atoms with van der Waals surface area (Å²) in [5.41, 5.74) is 5.78. The van der Waals surface area contributed by atoms with Crippen LogP contribution in [0.3, 0.4) is 0 Å². The maximum Gasteiger partial charge on any atom is 0.255 e. The van der Waals surface area contributed by atoms with E-state index in [4.69, 9.17) is 20.4 Å². The lowest BCUT2D eigenvalue weighted by molar-refractivity contribution is 0.0938. The van der Waals surface area contributed by atoms with Crippen LogP contribution in [0.1, 0.15) is 23.7 Å². The molecule has 0 spiro atoms. The van der Waals surface area contributed by atoms with Crippen molar-refractivity contribution >= 4 is 11.7 Å². The Kier molecular flexibility index (Phi) is 5.64. The minimum absolute atomic E-state index is 0.0551. The fourth-order valence-electron chi connectivity index (χ4n) is 1.69. The standard InChI is InChI=1S/C13H19N3O4/c1-8(6-12(14)16-18)15-13(17)10-5-4-9(19-2)7-11(10)20-3/h4-5,7-8,18H,6H2,1-3H3,(H2,14,16)(H,15,17). The monoisotopic (exact) mass is 281 g/mol. The summed E-state index contributed by atoms with van der Waals surface area (Å²) in [5, 5.41) is 14.1. The summed E-state index contributed by atoms with van der Waals surface area (Å²) >= 11 is 0. The molecule has 0 radical (unpaired) electrons. The van der Waals surface area contributed by atoms with Gasteiger partial charge < -0.3 is 25.7 Å². The van der Waals surface area contributed by atoms with Crippen molar-refractivity contribution in [3.05, 3.63) is 23.8 Å². The summed E-state index contributed by atoms with van der Waals surface area (Å²) in [6, 6.07) is 4.64. The number of methoxy groups -OCH3 is 2. The van der Waals surface area contributed by atoms with Crippen LogP contribution in [0.5, 0.6) is 11.5 Å². The van der Waals surface area contributed by atoms with Crippen molar-refractivity contribution in [3.8, 4) is 11.5 Å². The minimum Gasteiger partial charge on any atom is -0.497 e. The van der Waals surface area contributed by atoms with E-state index < -0.39 is 0 Å². The fraction of sp³-hybridized carbons (Fsp3) is 0.385. The molecule has 0 aliphatic heterocycles. The molecule has 1 amide bonds. The first-order chi connectivity index (χ1) is 9.51. The number of amidine groups is 1. The Morgan fingerprint density at radius 3 is 2.70 bits per heavy atom. The molecule has 0 saturated carbocycles. The maximum absolute atomic E-state index is 12.1. The van der Waals surface area contributed by atoms with Crippen molar-refractivity contribution in [2.45, 2.75) is 19.4 Å². The minimum atomic E-state index is -0.303. The molecule has 0 saturated heterocycles. The van der Waals surface area contributed by atoms with Crippen LogP contribution in [0.15, 0.2) is 23.4 Å². The average molecular weight is 281 g/mol. The molecule has 0 heterocycles. The number of nitrogens with zero attached hydrogens (tertiary/aromatic N) is 1. The molecule has 4 N–H and O–H groups in total. The Balaban J connectivity index is 2.81. The Hall–Kier alpha value is -2.44. The lowest BCUT2D eigenvalue weighted by Crippen LogP contribution is -2.36. The van der Waals surface area contributed by atoms with E-state index in [2.05, 4.69) is 10.5 Å². The number of ether oxygens (including phenoxy) is 2. The van der Waals surface area contributed by atoms with Gasteiger partial charge >= 0.3 is 0 Å². The molecule has 0 aromatic heterocycles. The number of nitrogens with one attached hydrogen (secondary N) is 1. The normalized spacial score (nSPS) is 12.7. The van der Waals surface area contributed by atoms with Gasteiger partial charge in [0.2, 0.25) is 0 Å². The highest BCUT2D eigenvalue weighted by atomic mass is 16.5. The Labute approximate surface area is 117 Å². The first-order valence-electron chi connectivity index (χ1n) is 6.01. The number of rotatable bonds is 6. The number of carbonyl (C=O) groups is 1. The number of hydrogen-bond acceptors (Lipinski definition) is 5. The van der Waals surface area contributed by atoms with Gasteiger partial charge in [-0.15, -0.1) is 0 Å². The second-order valence-electron chi connectivity index (χ2n) is 4.24. The van der Waals surface area contributed by atoms with Gasteiger partial charge in [-0.1, -0.05) is 5.16 Å². The lowest BCUT2D eigenvalue weighted by atomic mass is 10.1. The maximum atomic E-state index is 12.1. The quantitative estimate of drug-likeness (QED) is 0.311. The van der Waals surface area contributed by atoms with Gasteiger partial charge in [-0.2, -0.15) is 0 Å². The highest BCUT2D eigenvalue weighted by Crippen LogP contribution is 2.24. The molecule has 0 fully saturated rings. The second-order valence-corrected chi connectivity index (χ2v) is 4.24. The predicted octanol–water partition coefficient (Wildman–Crippen LogP) is 0.959. The molecule has 1 aromatic rings. The van der Waals surface area contributed by atoms with Crippen LogP contribution in [0.25, 0.3) is 0 Å². The Morgan fingerprint density at radius 2 is 2.15 bits per heavy atom. The molecule has 0 aliphatic rings. The van der Waals surface area contributed by atoms with Gasteiger partial charge in [0, 0.05) is 18.5 Å². The number of amides is 1. The molecule has 1 unspecified atom stereocenters. The summed E-state index contributed by atoms with van der Waals surface area (Å²) < 4.78 is 10.2. The van der Waals surface area contributed by atoms with E-state index in [1.165, 1.54) is 14.2 Å². The topological polar surface area (TPSA) is 106 Å². The fourth-order valence-corrected chi connectivity index (χ4v) is 1.69. The molecule has 1 atom stereocenters. The van der Waals surface area contributed by atoms with Crippen molar-refractivity contribution in [1.82, 2.24) is 5.32 Å². The zero-order valence-corrected chi connectivity index (χ0v) is 11.7. The predicted molar refractivity (Wildman–Crippen MR) is 74.5 cm³/mol. The van der Waals surface area contributed by atoms with E-state index in [-0.39, 0.29) is 24.2 Å². The summed E-state index contributed by atoms with van der Waals surface area (Å²) in [6.45, 7) is 1.76. The van der Waals surface area contributed by atoms with Crippen molar-refractivity contribution in [1.29, 1.82) is 0 Å². The van der Waals surface area contributed by atoms with E-state index in [0.717, 1.165) is 0 Å². The summed E-state index contributed by atoms with van der Waals surface area (Å²) in [6.07, 6.45) is 0.251. The van der Waals surface area contributed by atoms with Crippen LogP contribution < -0.4 is 20.5 Å². The van der Waals surface area contributed by atoms with E-state index in [1.54, 1.807) is 25.1 Å². The van der Waals surface area contributed by atoms with Gasteiger partial charge in [-0.05, 0) is 19.1 Å². The van der Waals surface area contributed by atoms with E-state index in [9.17, 15) is 4.79 Å². The molecule has 1 rings (SSSR count). The Morgan fingerprint density at radius 1 is 1.45 bits per heavy atom. The summed E-state index contributed by atoms with van der Waals surface area (Å²) in [5.74, 6) is 0.767. The van der Waals surface area contributed by atoms with Crippen LogP contribution in [-0.4, -0.2) is 37.2 Å². The number of oxime groups is 1. The van der Waals surface area contributed by atoms with Crippen LogP contribution in [0, 0.1) is 0 Å². The molecule has 110 valence electrons. The van der Waals surface area contributed by atoms with Crippen molar-refractivity contribution in [2.24, 2.45) is 10.9 Å². The Bertz CT molecular complexity index is 502. The zero-order valence-electron chi connectivity index (χ0n) is 11.7. The second kappa shape index (κ2) is 7.22. The third kappa shape index (κ3) is 4.04. The van der Waals surface area contributed by atoms with E-state index in [0.29, 0.717) is 17.1 Å². The van der Waals surface area contributed by atoms with Crippen LogP contribution in [0.2, 0.25) is 0 Å². The molecule has 7 nitrogen and oxygen atoms in total. The first kappa shape index (κ1) is 15.6. The van der Waals surface area contributed by atoms with Crippen LogP contribution in [-0.2, 0) is 0 Å². The van der Waals surface area contributed by atoms with E-state index in [1.807, 2.05) is 0 Å². The van der Waals surface area contributed by atoms with Crippen molar-refractivity contribution in [2.75, 3.05) is 14.2 Å². The first-order valence-corrected chi connectivity index (χ1v) is 6.01. The molecular formula is C13H19N3O4. The molecule has 0 bridgehead atoms. The third-order valence-corrected chi connectivity index (χ3v) is 2.67. The van der Waals surface area contributed by atoms with Gasteiger partial charge in [0.05, 0.1) is 19.8 Å². The zero-order chi connectivity index (χ0) is 15.1. The number of benzene rings is 1. The molecule has 20 heavy (non-hydrogen) atoms. The molecule has 7 heteroatoms. The number of carbonyl (C=O) groups excluding carboxylic acids is 1. The highest BCUT2D eigenvalue weighted by Gasteiger charge is 2.16. The molecule has 0 aliphatic carbocycles. The largest absolute Gasteiger partial charge is 0.497 e. The van der Waals surface area contributed by atoms with Crippen LogP contribution >= 0.6 is 0 Å². The van der Waals surface area contributed by atoms with Gasteiger partial charge in [0.15, 0.2) is 0 Å². The lowest BCUT2D eigenvalue weighted by Gasteiger charge is -2.15. The average Bonchev–Trinajstić information content (AvgIpc) is 2.45. The number of nitrogens with two attached hydrogens (primary N) is 1. The number of hydrogen-bond donors (Lipinski definition) is 3. The summed E-state index contributed by atoms with van der Waals surface area (Å²) in [4.78, 5) is 12.1. The van der Waals surface area contributed by atoms with Crippen molar-refractivity contribution < 1.29 is 19.5 Å². The van der Waals surface area contributed by atoms with Crippen molar-refractivity contribution in [3.63, 3.8) is 0 Å².